The third-order valence-corrected chi connectivity index (χ3v) is 7.18. The summed E-state index contributed by atoms with van der Waals surface area (Å²) in [5.74, 6) is 0. The molecule has 0 saturated heterocycles. The van der Waals surface area contributed by atoms with E-state index in [1.54, 1.807) is 0 Å². The van der Waals surface area contributed by atoms with Gasteiger partial charge >= 0.3 is 0 Å². The highest BCUT2D eigenvalue weighted by Gasteiger charge is 2.01. The van der Waals surface area contributed by atoms with Crippen molar-refractivity contribution in [3.05, 3.63) is 0 Å². The zero-order valence-corrected chi connectivity index (χ0v) is 24.6. The Morgan fingerprint density at radius 1 is 0.343 bits per heavy atom. The average Bonchev–Trinajstić information content (AvgIpc) is 2.84. The monoisotopic (exact) mass is 499 g/mol. The molecule has 0 heterocycles. The molecule has 0 amide bonds. The molecule has 8 N–H and O–H groups in total. The van der Waals surface area contributed by atoms with Crippen molar-refractivity contribution in [3.8, 4) is 0 Å². The molecule has 35 heavy (non-hydrogen) atoms. The van der Waals surface area contributed by atoms with E-state index in [-0.39, 0.29) is 0 Å². The fraction of sp³-hybridized carbons (Fsp3) is 1.00. The van der Waals surface area contributed by atoms with E-state index in [1.807, 2.05) is 0 Å². The Kier molecular flexibility index (Phi) is 35.8. The summed E-state index contributed by atoms with van der Waals surface area (Å²) in [7, 11) is 0. The smallest absolute Gasteiger partial charge is 0.00508 e. The van der Waals surface area contributed by atoms with Crippen LogP contribution in [0.5, 0.6) is 0 Å². The Morgan fingerprint density at radius 2 is 0.571 bits per heavy atom. The van der Waals surface area contributed by atoms with Crippen molar-refractivity contribution < 1.29 is 0 Å². The lowest BCUT2D eigenvalue weighted by molar-refractivity contribution is 0.507. The lowest BCUT2D eigenvalue weighted by Gasteiger charge is -2.09. The minimum Gasteiger partial charge on any atom is -0.330 e. The summed E-state index contributed by atoms with van der Waals surface area (Å²) < 4.78 is 0. The van der Waals surface area contributed by atoms with Gasteiger partial charge in [0, 0.05) is 12.1 Å². The standard InChI is InChI=1S/C16H36N2.C15H34N2/c1-2-3-4-5-6-7-8-9-10-11-12-13-16(18)14-15-17;1-2-3-4-5-6-7-8-9-10-11-12-15(17)13-14-16/h16H,2-15,17-18H2,1H3;15H,2-14,16-17H2,1H3. The van der Waals surface area contributed by atoms with Gasteiger partial charge in [0.15, 0.2) is 0 Å². The number of hydrogen-bond acceptors (Lipinski definition) is 4. The van der Waals surface area contributed by atoms with Gasteiger partial charge in [-0.05, 0) is 38.8 Å². The van der Waals surface area contributed by atoms with Gasteiger partial charge in [-0.1, -0.05) is 149 Å². The van der Waals surface area contributed by atoms with Crippen LogP contribution in [0.1, 0.15) is 174 Å². The molecule has 0 rings (SSSR count). The molecule has 0 aliphatic heterocycles. The SMILES string of the molecule is CCCCCCCCCCCCC(N)CCN.CCCCCCCCCCCCCC(N)CCN. The third-order valence-electron chi connectivity index (χ3n) is 7.18. The first kappa shape index (κ1) is 37.0. The van der Waals surface area contributed by atoms with E-state index in [1.165, 1.54) is 135 Å². The van der Waals surface area contributed by atoms with Crippen LogP contribution in [-0.2, 0) is 0 Å². The van der Waals surface area contributed by atoms with Gasteiger partial charge in [-0.25, -0.2) is 0 Å². The van der Waals surface area contributed by atoms with Gasteiger partial charge in [0.25, 0.3) is 0 Å². The summed E-state index contributed by atoms with van der Waals surface area (Å²) >= 11 is 0. The second-order valence-electron chi connectivity index (χ2n) is 11.0. The highest BCUT2D eigenvalue weighted by atomic mass is 14.7. The van der Waals surface area contributed by atoms with Crippen LogP contribution < -0.4 is 22.9 Å². The number of hydrogen-bond donors (Lipinski definition) is 4. The summed E-state index contributed by atoms with van der Waals surface area (Å²) in [4.78, 5) is 0. The van der Waals surface area contributed by atoms with Crippen LogP contribution in [0.4, 0.5) is 0 Å². The highest BCUT2D eigenvalue weighted by molar-refractivity contribution is 4.62. The van der Waals surface area contributed by atoms with Gasteiger partial charge in [-0.3, -0.25) is 0 Å². The molecule has 0 aromatic rings. The van der Waals surface area contributed by atoms with Gasteiger partial charge in [-0.15, -0.1) is 0 Å². The predicted molar refractivity (Wildman–Crippen MR) is 161 cm³/mol. The third kappa shape index (κ3) is 36.1. The molecule has 0 aliphatic carbocycles. The fourth-order valence-electron chi connectivity index (χ4n) is 4.68. The molecule has 0 bridgehead atoms. The fourth-order valence-corrected chi connectivity index (χ4v) is 4.68. The molecule has 2 atom stereocenters. The molecule has 0 saturated carbocycles. The van der Waals surface area contributed by atoms with Crippen LogP contribution in [0.25, 0.3) is 0 Å². The Hall–Kier alpha value is -0.160. The van der Waals surface area contributed by atoms with Crippen molar-refractivity contribution in [2.24, 2.45) is 22.9 Å². The molecule has 0 spiro atoms. The summed E-state index contributed by atoms with van der Waals surface area (Å²) in [5, 5.41) is 0. The zero-order chi connectivity index (χ0) is 26.2. The molecule has 2 unspecified atom stereocenters. The Bertz CT molecular complexity index is 351. The molecule has 0 radical (unpaired) electrons. The minimum atomic E-state index is 0.341. The summed E-state index contributed by atoms with van der Waals surface area (Å²) in [6.45, 7) is 6.02. The maximum atomic E-state index is 5.92. The van der Waals surface area contributed by atoms with E-state index in [0.717, 1.165) is 38.8 Å². The molecular formula is C31H70N4. The summed E-state index contributed by atoms with van der Waals surface area (Å²) in [6, 6.07) is 0.683. The van der Waals surface area contributed by atoms with Crippen molar-refractivity contribution in [1.29, 1.82) is 0 Å². The lowest BCUT2D eigenvalue weighted by Crippen LogP contribution is -2.23. The minimum absolute atomic E-state index is 0.341. The van der Waals surface area contributed by atoms with Crippen LogP contribution in [0, 0.1) is 0 Å². The van der Waals surface area contributed by atoms with Crippen LogP contribution in [-0.4, -0.2) is 25.2 Å². The highest BCUT2D eigenvalue weighted by Crippen LogP contribution is 2.13. The molecule has 0 aliphatic rings. The Balaban J connectivity index is 0. The maximum Gasteiger partial charge on any atom is 0.00508 e. The second kappa shape index (κ2) is 33.8. The van der Waals surface area contributed by atoms with Gasteiger partial charge in [0.1, 0.15) is 0 Å². The quantitative estimate of drug-likeness (QED) is 0.0854. The number of nitrogens with two attached hydrogens (primary N) is 4. The molecule has 0 fully saturated rings. The first-order chi connectivity index (χ1) is 17.1. The van der Waals surface area contributed by atoms with E-state index in [4.69, 9.17) is 22.9 Å². The average molecular weight is 499 g/mol. The number of unbranched alkanes of at least 4 members (excludes halogenated alkanes) is 19. The van der Waals surface area contributed by atoms with Crippen LogP contribution >= 0.6 is 0 Å². The van der Waals surface area contributed by atoms with E-state index in [0.29, 0.717) is 12.1 Å². The van der Waals surface area contributed by atoms with Crippen molar-refractivity contribution >= 4 is 0 Å². The molecule has 0 aromatic carbocycles. The van der Waals surface area contributed by atoms with Crippen molar-refractivity contribution in [1.82, 2.24) is 0 Å². The molecule has 0 aromatic heterocycles. The summed E-state index contributed by atoms with van der Waals surface area (Å²) in [6.07, 6.45) is 33.7. The van der Waals surface area contributed by atoms with Gasteiger partial charge < -0.3 is 22.9 Å². The van der Waals surface area contributed by atoms with Crippen LogP contribution in [0.3, 0.4) is 0 Å². The topological polar surface area (TPSA) is 104 Å². The first-order valence-electron chi connectivity index (χ1n) is 16.0. The second-order valence-corrected chi connectivity index (χ2v) is 11.0. The predicted octanol–water partition coefficient (Wildman–Crippen LogP) is 8.34. The summed E-state index contributed by atoms with van der Waals surface area (Å²) in [5.41, 5.74) is 22.8. The Labute approximate surface area is 222 Å². The van der Waals surface area contributed by atoms with E-state index in [2.05, 4.69) is 13.8 Å². The largest absolute Gasteiger partial charge is 0.330 e. The van der Waals surface area contributed by atoms with Crippen LogP contribution in [0.2, 0.25) is 0 Å². The van der Waals surface area contributed by atoms with Crippen molar-refractivity contribution in [3.63, 3.8) is 0 Å². The van der Waals surface area contributed by atoms with Gasteiger partial charge in [0.2, 0.25) is 0 Å². The van der Waals surface area contributed by atoms with E-state index in [9.17, 15) is 0 Å². The lowest BCUT2D eigenvalue weighted by atomic mass is 10.0. The normalized spacial score (nSPS) is 12.9. The molecular weight excluding hydrogens is 428 g/mol. The Morgan fingerprint density at radius 3 is 0.800 bits per heavy atom. The van der Waals surface area contributed by atoms with Crippen molar-refractivity contribution in [2.75, 3.05) is 13.1 Å². The first-order valence-corrected chi connectivity index (χ1v) is 16.0. The van der Waals surface area contributed by atoms with Crippen LogP contribution in [0.15, 0.2) is 0 Å². The molecule has 4 nitrogen and oxygen atoms in total. The van der Waals surface area contributed by atoms with E-state index < -0.39 is 0 Å². The van der Waals surface area contributed by atoms with Crippen molar-refractivity contribution in [2.45, 2.75) is 186 Å². The van der Waals surface area contributed by atoms with E-state index >= 15 is 0 Å². The zero-order valence-electron chi connectivity index (χ0n) is 24.6. The maximum absolute atomic E-state index is 5.92. The molecule has 4 heteroatoms. The number of rotatable bonds is 27. The van der Waals surface area contributed by atoms with Gasteiger partial charge in [-0.2, -0.15) is 0 Å². The molecule has 214 valence electrons. The van der Waals surface area contributed by atoms with Gasteiger partial charge in [0.05, 0.1) is 0 Å².